The topological polar surface area (TPSA) is 12.9 Å². The van der Waals surface area contributed by atoms with Crippen LogP contribution in [0, 0.1) is 0 Å². The van der Waals surface area contributed by atoms with Crippen LogP contribution in [0.1, 0.15) is 53.6 Å². The number of fused-ring (bicyclic) bond motifs is 1. The van der Waals surface area contributed by atoms with Gasteiger partial charge in [0.2, 0.25) is 0 Å². The molecule has 0 N–H and O–H groups in total. The summed E-state index contributed by atoms with van der Waals surface area (Å²) in [5, 5.41) is 1.45. The van der Waals surface area contributed by atoms with Crippen molar-refractivity contribution in [2.45, 2.75) is 50.9 Å². The summed E-state index contributed by atoms with van der Waals surface area (Å²) in [5.41, 5.74) is 1.45. The van der Waals surface area contributed by atoms with E-state index in [0.717, 1.165) is 5.92 Å². The van der Waals surface area contributed by atoms with Crippen LogP contribution in [0.25, 0.3) is 0 Å². The van der Waals surface area contributed by atoms with E-state index in [-0.39, 0.29) is 0 Å². The Balaban J connectivity index is 1.92. The van der Waals surface area contributed by atoms with Crippen LogP contribution in [0.3, 0.4) is 0 Å². The summed E-state index contributed by atoms with van der Waals surface area (Å²) in [6.07, 6.45) is 9.50. The molecule has 2 heteroatoms. The molecule has 0 radical (unpaired) electrons. The number of thiazole rings is 1. The van der Waals surface area contributed by atoms with E-state index in [0.29, 0.717) is 0 Å². The van der Waals surface area contributed by atoms with Gasteiger partial charge < -0.3 is 0 Å². The molecule has 70 valence electrons. The second kappa shape index (κ2) is 3.09. The lowest BCUT2D eigenvalue weighted by molar-refractivity contribution is 0.708. The molecular formula is C11H15NS. The molecule has 1 nitrogen and oxygen atoms in total. The first-order chi connectivity index (χ1) is 6.43. The van der Waals surface area contributed by atoms with Gasteiger partial charge in [0.25, 0.3) is 0 Å². The standard InChI is InChI=1S/C11H15NS/c1-2-4-9-10(5-3-1)13-11(12-9)8-6-7-8/h8H,1-7H2. The molecule has 1 aromatic heterocycles. The van der Waals surface area contributed by atoms with Gasteiger partial charge in [-0.15, -0.1) is 11.3 Å². The highest BCUT2D eigenvalue weighted by Crippen LogP contribution is 2.43. The van der Waals surface area contributed by atoms with Gasteiger partial charge in [0.15, 0.2) is 0 Å². The van der Waals surface area contributed by atoms with E-state index >= 15 is 0 Å². The van der Waals surface area contributed by atoms with Crippen molar-refractivity contribution in [1.82, 2.24) is 4.98 Å². The Labute approximate surface area is 83.2 Å². The van der Waals surface area contributed by atoms with Gasteiger partial charge in [0, 0.05) is 10.8 Å². The first kappa shape index (κ1) is 7.98. The summed E-state index contributed by atoms with van der Waals surface area (Å²) >= 11 is 2.01. The fourth-order valence-corrected chi connectivity index (χ4v) is 3.38. The van der Waals surface area contributed by atoms with Crippen molar-refractivity contribution in [3.05, 3.63) is 15.6 Å². The second-order valence-electron chi connectivity index (χ2n) is 4.26. The highest BCUT2D eigenvalue weighted by molar-refractivity contribution is 7.11. The number of rotatable bonds is 1. The summed E-state index contributed by atoms with van der Waals surface area (Å²) < 4.78 is 0. The predicted octanol–water partition coefficient (Wildman–Crippen LogP) is 3.29. The van der Waals surface area contributed by atoms with Gasteiger partial charge in [0.1, 0.15) is 0 Å². The van der Waals surface area contributed by atoms with Crippen molar-refractivity contribution in [2.75, 3.05) is 0 Å². The zero-order chi connectivity index (χ0) is 8.67. The van der Waals surface area contributed by atoms with E-state index in [1.807, 2.05) is 11.3 Å². The lowest BCUT2D eigenvalue weighted by atomic mass is 10.2. The van der Waals surface area contributed by atoms with Gasteiger partial charge in [-0.3, -0.25) is 0 Å². The molecule has 1 aromatic rings. The van der Waals surface area contributed by atoms with Gasteiger partial charge in [-0.2, -0.15) is 0 Å². The van der Waals surface area contributed by atoms with Crippen molar-refractivity contribution in [3.63, 3.8) is 0 Å². The number of aryl methyl sites for hydroxylation is 2. The maximum atomic E-state index is 4.79. The van der Waals surface area contributed by atoms with E-state index in [2.05, 4.69) is 0 Å². The maximum Gasteiger partial charge on any atom is 0.0962 e. The van der Waals surface area contributed by atoms with Crippen LogP contribution in [0.2, 0.25) is 0 Å². The summed E-state index contributed by atoms with van der Waals surface area (Å²) in [6.45, 7) is 0. The molecule has 3 rings (SSSR count). The molecule has 0 atom stereocenters. The molecule has 1 heterocycles. The Morgan fingerprint density at radius 3 is 2.77 bits per heavy atom. The van der Waals surface area contributed by atoms with Crippen molar-refractivity contribution in [1.29, 1.82) is 0 Å². The Morgan fingerprint density at radius 1 is 1.08 bits per heavy atom. The number of hydrogen-bond acceptors (Lipinski definition) is 2. The average Bonchev–Trinajstić information content (AvgIpc) is 2.93. The molecule has 0 saturated heterocycles. The zero-order valence-electron chi connectivity index (χ0n) is 7.88. The van der Waals surface area contributed by atoms with Crippen LogP contribution in [-0.4, -0.2) is 4.98 Å². The third-order valence-corrected chi connectivity index (χ3v) is 4.36. The van der Waals surface area contributed by atoms with E-state index < -0.39 is 0 Å². The summed E-state index contributed by atoms with van der Waals surface area (Å²) in [5.74, 6) is 0.858. The maximum absolute atomic E-state index is 4.79. The summed E-state index contributed by atoms with van der Waals surface area (Å²) in [4.78, 5) is 6.40. The summed E-state index contributed by atoms with van der Waals surface area (Å²) in [6, 6.07) is 0. The van der Waals surface area contributed by atoms with Gasteiger partial charge in [-0.1, -0.05) is 6.42 Å². The Kier molecular flexibility index (Phi) is 1.90. The molecule has 13 heavy (non-hydrogen) atoms. The quantitative estimate of drug-likeness (QED) is 0.624. The van der Waals surface area contributed by atoms with Crippen LogP contribution in [0.15, 0.2) is 0 Å². The molecule has 1 saturated carbocycles. The molecule has 0 aliphatic heterocycles. The van der Waals surface area contributed by atoms with Gasteiger partial charge in [-0.25, -0.2) is 4.98 Å². The molecule has 0 spiro atoms. The molecule has 0 aromatic carbocycles. The average molecular weight is 193 g/mol. The fraction of sp³-hybridized carbons (Fsp3) is 0.727. The Bertz CT molecular complexity index is 288. The van der Waals surface area contributed by atoms with Gasteiger partial charge in [-0.05, 0) is 38.5 Å². The van der Waals surface area contributed by atoms with Crippen molar-refractivity contribution >= 4 is 11.3 Å². The summed E-state index contributed by atoms with van der Waals surface area (Å²) in [7, 11) is 0. The largest absolute Gasteiger partial charge is 0.246 e. The van der Waals surface area contributed by atoms with Gasteiger partial charge in [0.05, 0.1) is 10.7 Å². The smallest absolute Gasteiger partial charge is 0.0962 e. The van der Waals surface area contributed by atoms with Crippen molar-refractivity contribution in [3.8, 4) is 0 Å². The minimum atomic E-state index is 0.858. The molecule has 1 fully saturated rings. The molecule has 2 aliphatic carbocycles. The normalized spacial score (nSPS) is 22.5. The minimum absolute atomic E-state index is 0.858. The molecule has 0 unspecified atom stereocenters. The lowest BCUT2D eigenvalue weighted by Gasteiger charge is -1.91. The van der Waals surface area contributed by atoms with Crippen LogP contribution in [0.4, 0.5) is 0 Å². The predicted molar refractivity (Wildman–Crippen MR) is 55.3 cm³/mol. The number of aromatic nitrogens is 1. The first-order valence-corrected chi connectivity index (χ1v) is 6.23. The SMILES string of the molecule is C1CCc2nc(C3CC3)sc2CC1. The number of hydrogen-bond donors (Lipinski definition) is 0. The molecule has 2 aliphatic rings. The zero-order valence-corrected chi connectivity index (χ0v) is 8.70. The fourth-order valence-electron chi connectivity index (χ4n) is 2.05. The van der Waals surface area contributed by atoms with Crippen LogP contribution in [-0.2, 0) is 12.8 Å². The first-order valence-electron chi connectivity index (χ1n) is 5.42. The van der Waals surface area contributed by atoms with E-state index in [9.17, 15) is 0 Å². The Morgan fingerprint density at radius 2 is 1.92 bits per heavy atom. The highest BCUT2D eigenvalue weighted by atomic mass is 32.1. The van der Waals surface area contributed by atoms with Crippen molar-refractivity contribution < 1.29 is 0 Å². The van der Waals surface area contributed by atoms with E-state index in [1.165, 1.54) is 55.6 Å². The Hall–Kier alpha value is -0.370. The van der Waals surface area contributed by atoms with Crippen molar-refractivity contribution in [2.24, 2.45) is 0 Å². The monoisotopic (exact) mass is 193 g/mol. The third kappa shape index (κ3) is 1.52. The van der Waals surface area contributed by atoms with E-state index in [4.69, 9.17) is 4.98 Å². The van der Waals surface area contributed by atoms with E-state index in [1.54, 1.807) is 4.88 Å². The highest BCUT2D eigenvalue weighted by Gasteiger charge is 2.28. The van der Waals surface area contributed by atoms with Gasteiger partial charge >= 0.3 is 0 Å². The lowest BCUT2D eigenvalue weighted by Crippen LogP contribution is -1.86. The molecule has 0 amide bonds. The molecular weight excluding hydrogens is 178 g/mol. The minimum Gasteiger partial charge on any atom is -0.246 e. The number of nitrogens with zero attached hydrogens (tertiary/aromatic N) is 1. The second-order valence-corrected chi connectivity index (χ2v) is 5.37. The van der Waals surface area contributed by atoms with Crippen LogP contribution >= 0.6 is 11.3 Å². The third-order valence-electron chi connectivity index (χ3n) is 3.04. The van der Waals surface area contributed by atoms with Crippen LogP contribution in [0.5, 0.6) is 0 Å². The molecule has 0 bridgehead atoms. The van der Waals surface area contributed by atoms with Crippen LogP contribution < -0.4 is 0 Å².